The molecule has 2 amide bonds. The molecule has 0 bridgehead atoms. The van der Waals surface area contributed by atoms with E-state index in [0.29, 0.717) is 19.1 Å². The van der Waals surface area contributed by atoms with Crippen molar-refractivity contribution in [3.63, 3.8) is 0 Å². The third-order valence-corrected chi connectivity index (χ3v) is 4.13. The first-order valence-electron chi connectivity index (χ1n) is 7.13. The molecule has 2 aliphatic rings. The van der Waals surface area contributed by atoms with E-state index in [1.54, 1.807) is 17.0 Å². The normalized spacial score (nSPS) is 21.9. The maximum absolute atomic E-state index is 12.3. The molecule has 0 saturated carbocycles. The summed E-state index contributed by atoms with van der Waals surface area (Å²) < 4.78 is 0. The van der Waals surface area contributed by atoms with Gasteiger partial charge in [-0.05, 0) is 31.5 Å². The summed E-state index contributed by atoms with van der Waals surface area (Å²) in [6, 6.07) is 3.35. The maximum Gasteiger partial charge on any atom is 0.356 e. The van der Waals surface area contributed by atoms with Gasteiger partial charge in [-0.3, -0.25) is 4.90 Å². The van der Waals surface area contributed by atoms with Crippen LogP contribution in [0.25, 0.3) is 0 Å². The van der Waals surface area contributed by atoms with Gasteiger partial charge in [0.2, 0.25) is 0 Å². The molecule has 7 heteroatoms. The summed E-state index contributed by atoms with van der Waals surface area (Å²) >= 11 is 0. The third-order valence-electron chi connectivity index (χ3n) is 4.13. The van der Waals surface area contributed by atoms with Crippen LogP contribution in [0.3, 0.4) is 0 Å². The second kappa shape index (κ2) is 5.69. The number of hydrogen-bond donors (Lipinski definition) is 2. The molecular formula is C14H18N4O3. The number of anilines is 1. The molecule has 112 valence electrons. The number of carboxylic acid groups (broad SMARTS) is 1. The highest BCUT2D eigenvalue weighted by Crippen LogP contribution is 2.22. The van der Waals surface area contributed by atoms with E-state index in [1.165, 1.54) is 12.6 Å². The van der Waals surface area contributed by atoms with Crippen LogP contribution in [0.2, 0.25) is 0 Å². The van der Waals surface area contributed by atoms with E-state index in [0.717, 1.165) is 19.5 Å². The van der Waals surface area contributed by atoms with Gasteiger partial charge in [-0.1, -0.05) is 0 Å². The first-order chi connectivity index (χ1) is 10.1. The fraction of sp³-hybridized carbons (Fsp3) is 0.500. The SMILES string of the molecule is O=C(O)c1ncccc1NC(=O)N1CCN2CCCC2C1. The number of rotatable bonds is 2. The summed E-state index contributed by atoms with van der Waals surface area (Å²) in [7, 11) is 0. The quantitative estimate of drug-likeness (QED) is 0.851. The number of nitrogens with one attached hydrogen (secondary N) is 1. The molecule has 0 spiro atoms. The summed E-state index contributed by atoms with van der Waals surface area (Å²) in [5.41, 5.74) is 0.106. The minimum atomic E-state index is -1.15. The van der Waals surface area contributed by atoms with Gasteiger partial charge < -0.3 is 15.3 Å². The highest BCUT2D eigenvalue weighted by Gasteiger charge is 2.32. The zero-order valence-electron chi connectivity index (χ0n) is 11.7. The van der Waals surface area contributed by atoms with Crippen LogP contribution < -0.4 is 5.32 Å². The van der Waals surface area contributed by atoms with Crippen LogP contribution in [0.15, 0.2) is 18.3 Å². The Morgan fingerprint density at radius 2 is 2.19 bits per heavy atom. The van der Waals surface area contributed by atoms with Crippen LogP contribution in [0.4, 0.5) is 10.5 Å². The van der Waals surface area contributed by atoms with Gasteiger partial charge in [0.15, 0.2) is 5.69 Å². The average molecular weight is 290 g/mol. The third kappa shape index (κ3) is 2.82. The van der Waals surface area contributed by atoms with E-state index in [9.17, 15) is 9.59 Å². The standard InChI is InChI=1S/C14H18N4O3/c19-13(20)12-11(4-1-5-15-12)16-14(21)18-8-7-17-6-2-3-10(17)9-18/h1,4-5,10H,2-3,6-9H2,(H,16,21)(H,19,20). The number of carboxylic acids is 1. The first kappa shape index (κ1) is 13.8. The van der Waals surface area contributed by atoms with E-state index in [4.69, 9.17) is 5.11 Å². The Hall–Kier alpha value is -2.15. The van der Waals surface area contributed by atoms with Gasteiger partial charge in [0, 0.05) is 31.9 Å². The highest BCUT2D eigenvalue weighted by atomic mass is 16.4. The molecule has 3 rings (SSSR count). The molecular weight excluding hydrogens is 272 g/mol. The number of nitrogens with zero attached hydrogens (tertiary/aromatic N) is 3. The highest BCUT2D eigenvalue weighted by molar-refractivity contribution is 5.98. The fourth-order valence-electron chi connectivity index (χ4n) is 3.05. The number of pyridine rings is 1. The number of fused-ring (bicyclic) bond motifs is 1. The summed E-state index contributed by atoms with van der Waals surface area (Å²) in [6.45, 7) is 3.38. The summed E-state index contributed by atoms with van der Waals surface area (Å²) in [4.78, 5) is 31.4. The van der Waals surface area contributed by atoms with Crippen molar-refractivity contribution in [3.05, 3.63) is 24.0 Å². The lowest BCUT2D eigenvalue weighted by Gasteiger charge is -2.37. The van der Waals surface area contributed by atoms with Crippen molar-refractivity contribution in [3.8, 4) is 0 Å². The molecule has 1 aromatic rings. The van der Waals surface area contributed by atoms with Gasteiger partial charge in [0.25, 0.3) is 0 Å². The number of amides is 2. The van der Waals surface area contributed by atoms with Crippen LogP contribution in [-0.4, -0.2) is 64.1 Å². The van der Waals surface area contributed by atoms with Crippen LogP contribution in [0.5, 0.6) is 0 Å². The molecule has 0 aromatic carbocycles. The van der Waals surface area contributed by atoms with Crippen LogP contribution in [-0.2, 0) is 0 Å². The Labute approximate surface area is 122 Å². The van der Waals surface area contributed by atoms with E-state index in [2.05, 4.69) is 15.2 Å². The van der Waals surface area contributed by atoms with Crippen LogP contribution in [0, 0.1) is 0 Å². The number of aromatic carboxylic acids is 1. The molecule has 2 fully saturated rings. The van der Waals surface area contributed by atoms with Crippen molar-refractivity contribution in [2.75, 3.05) is 31.5 Å². The predicted octanol–water partition coefficient (Wildman–Crippen LogP) is 1.09. The Morgan fingerprint density at radius 3 is 3.00 bits per heavy atom. The molecule has 2 N–H and O–H groups in total. The number of carbonyl (C=O) groups excluding carboxylic acids is 1. The lowest BCUT2D eigenvalue weighted by Crippen LogP contribution is -2.53. The van der Waals surface area contributed by atoms with E-state index < -0.39 is 5.97 Å². The van der Waals surface area contributed by atoms with Gasteiger partial charge in [-0.2, -0.15) is 0 Å². The Kier molecular flexibility index (Phi) is 3.74. The van der Waals surface area contributed by atoms with Gasteiger partial charge in [0.05, 0.1) is 5.69 Å². The Morgan fingerprint density at radius 1 is 1.33 bits per heavy atom. The molecule has 1 unspecified atom stereocenters. The number of hydrogen-bond acceptors (Lipinski definition) is 4. The lowest BCUT2D eigenvalue weighted by atomic mass is 10.1. The maximum atomic E-state index is 12.3. The zero-order chi connectivity index (χ0) is 14.8. The van der Waals surface area contributed by atoms with Crippen molar-refractivity contribution in [1.82, 2.24) is 14.8 Å². The van der Waals surface area contributed by atoms with Gasteiger partial charge in [-0.15, -0.1) is 0 Å². The van der Waals surface area contributed by atoms with Gasteiger partial charge in [0.1, 0.15) is 0 Å². The molecule has 1 atom stereocenters. The van der Waals surface area contributed by atoms with Crippen molar-refractivity contribution in [2.45, 2.75) is 18.9 Å². The molecule has 21 heavy (non-hydrogen) atoms. The first-order valence-corrected chi connectivity index (χ1v) is 7.13. The number of carbonyl (C=O) groups is 2. The Balaban J connectivity index is 1.68. The van der Waals surface area contributed by atoms with Gasteiger partial charge >= 0.3 is 12.0 Å². The van der Waals surface area contributed by atoms with Crippen molar-refractivity contribution in [2.24, 2.45) is 0 Å². The molecule has 7 nitrogen and oxygen atoms in total. The van der Waals surface area contributed by atoms with Gasteiger partial charge in [-0.25, -0.2) is 14.6 Å². The van der Waals surface area contributed by atoms with Crippen molar-refractivity contribution >= 4 is 17.7 Å². The fourth-order valence-corrected chi connectivity index (χ4v) is 3.05. The van der Waals surface area contributed by atoms with Crippen molar-refractivity contribution < 1.29 is 14.7 Å². The number of aromatic nitrogens is 1. The van der Waals surface area contributed by atoms with Crippen LogP contribution >= 0.6 is 0 Å². The number of piperazine rings is 1. The van der Waals surface area contributed by atoms with E-state index in [1.807, 2.05) is 0 Å². The number of urea groups is 1. The monoisotopic (exact) mass is 290 g/mol. The second-order valence-corrected chi connectivity index (χ2v) is 5.41. The molecule has 0 aliphatic carbocycles. The summed E-state index contributed by atoms with van der Waals surface area (Å²) in [5.74, 6) is -1.15. The second-order valence-electron chi connectivity index (χ2n) is 5.41. The molecule has 2 saturated heterocycles. The zero-order valence-corrected chi connectivity index (χ0v) is 11.7. The predicted molar refractivity (Wildman–Crippen MR) is 76.4 cm³/mol. The molecule has 1 aromatic heterocycles. The van der Waals surface area contributed by atoms with Crippen molar-refractivity contribution in [1.29, 1.82) is 0 Å². The minimum absolute atomic E-state index is 0.134. The molecule has 3 heterocycles. The van der Waals surface area contributed by atoms with E-state index >= 15 is 0 Å². The molecule has 2 aliphatic heterocycles. The average Bonchev–Trinajstić information content (AvgIpc) is 2.94. The van der Waals surface area contributed by atoms with Crippen LogP contribution in [0.1, 0.15) is 23.3 Å². The minimum Gasteiger partial charge on any atom is -0.476 e. The van der Waals surface area contributed by atoms with E-state index in [-0.39, 0.29) is 17.4 Å². The summed E-state index contributed by atoms with van der Waals surface area (Å²) in [6.07, 6.45) is 3.71. The summed E-state index contributed by atoms with van der Waals surface area (Å²) in [5, 5.41) is 11.7. The molecule has 0 radical (unpaired) electrons. The lowest BCUT2D eigenvalue weighted by molar-refractivity contribution is 0.0691. The topological polar surface area (TPSA) is 85.8 Å². The Bertz CT molecular complexity index is 563. The largest absolute Gasteiger partial charge is 0.476 e. The smallest absolute Gasteiger partial charge is 0.356 e.